The number of aliphatic hydroxyl groups excluding tert-OH is 1. The summed E-state index contributed by atoms with van der Waals surface area (Å²) in [5.41, 5.74) is 2.72. The summed E-state index contributed by atoms with van der Waals surface area (Å²) in [5, 5.41) is 31.9. The van der Waals surface area contributed by atoms with Gasteiger partial charge in [0.1, 0.15) is 29.7 Å². The number of nitrogens with zero attached hydrogens (tertiary/aromatic N) is 3. The summed E-state index contributed by atoms with van der Waals surface area (Å²) < 4.78 is 28.8. The van der Waals surface area contributed by atoms with E-state index >= 15 is 0 Å². The third-order valence-electron chi connectivity index (χ3n) is 6.69. The van der Waals surface area contributed by atoms with Gasteiger partial charge in [-0.05, 0) is 37.3 Å². The highest BCUT2D eigenvalue weighted by molar-refractivity contribution is 7.91. The Bertz CT molecular complexity index is 1320. The molecular weight excluding hydrogens is 528 g/mol. The number of nitrogens with one attached hydrogen (secondary N) is 3. The highest BCUT2D eigenvalue weighted by Gasteiger charge is 2.32. The molecule has 2 heterocycles. The fourth-order valence-electron chi connectivity index (χ4n) is 4.61. The standard InChI is InChI=1S/C26H33ClN6O4S/c1-17(28)33-23-8-7-20(37-2)15-21(23)25(18-3-5-19(27)6-4-18)31-22(26(33)29)16-24(34)30-9-10-32-11-13-38(35,36)14-12-32/h3-8,15,22,24,28-30,34H,9-14,16H2,1-2H3. The highest BCUT2D eigenvalue weighted by Crippen LogP contribution is 2.33. The number of halogens is 1. The second kappa shape index (κ2) is 11.9. The van der Waals surface area contributed by atoms with Gasteiger partial charge in [-0.15, -0.1) is 0 Å². The molecule has 0 aliphatic carbocycles. The zero-order chi connectivity index (χ0) is 27.4. The summed E-state index contributed by atoms with van der Waals surface area (Å²) in [4.78, 5) is 8.52. The number of anilines is 1. The van der Waals surface area contributed by atoms with Crippen LogP contribution in [0.15, 0.2) is 47.5 Å². The van der Waals surface area contributed by atoms with E-state index in [1.165, 1.54) is 4.90 Å². The quantitative estimate of drug-likeness (QED) is 0.220. The van der Waals surface area contributed by atoms with E-state index in [2.05, 4.69) is 10.2 Å². The first-order chi connectivity index (χ1) is 18.1. The third kappa shape index (κ3) is 6.59. The molecule has 12 heteroatoms. The molecule has 2 aromatic rings. The number of fused-ring (bicyclic) bond motifs is 1. The van der Waals surface area contributed by atoms with Crippen LogP contribution in [0.2, 0.25) is 5.02 Å². The topological polar surface area (TPSA) is 142 Å². The largest absolute Gasteiger partial charge is 0.497 e. The van der Waals surface area contributed by atoms with Crippen molar-refractivity contribution < 1.29 is 18.3 Å². The van der Waals surface area contributed by atoms with Gasteiger partial charge in [-0.25, -0.2) is 8.42 Å². The van der Waals surface area contributed by atoms with Gasteiger partial charge in [-0.3, -0.25) is 26.0 Å². The zero-order valence-electron chi connectivity index (χ0n) is 21.4. The lowest BCUT2D eigenvalue weighted by Crippen LogP contribution is -2.46. The first kappa shape index (κ1) is 28.2. The van der Waals surface area contributed by atoms with E-state index in [9.17, 15) is 13.5 Å². The predicted molar refractivity (Wildman–Crippen MR) is 151 cm³/mol. The van der Waals surface area contributed by atoms with Crippen LogP contribution in [-0.2, 0) is 9.84 Å². The number of aliphatic imine (C=N–C) groups is 1. The maximum absolute atomic E-state index is 11.6. The van der Waals surface area contributed by atoms with Gasteiger partial charge in [-0.2, -0.15) is 0 Å². The molecule has 1 saturated heterocycles. The summed E-state index contributed by atoms with van der Waals surface area (Å²) in [7, 11) is -1.37. The van der Waals surface area contributed by atoms with Crippen molar-refractivity contribution in [3.05, 3.63) is 58.6 Å². The molecule has 0 radical (unpaired) electrons. The van der Waals surface area contributed by atoms with Crippen LogP contribution in [-0.4, -0.2) is 92.9 Å². The molecule has 2 aliphatic rings. The molecule has 10 nitrogen and oxygen atoms in total. The maximum atomic E-state index is 11.6. The number of benzene rings is 2. The van der Waals surface area contributed by atoms with Crippen molar-refractivity contribution in [3.63, 3.8) is 0 Å². The van der Waals surface area contributed by atoms with Crippen molar-refractivity contribution in [3.8, 4) is 5.75 Å². The highest BCUT2D eigenvalue weighted by atomic mass is 35.5. The van der Waals surface area contributed by atoms with Crippen molar-refractivity contribution in [1.82, 2.24) is 10.2 Å². The molecule has 0 aromatic heterocycles. The number of sulfone groups is 1. The van der Waals surface area contributed by atoms with Crippen LogP contribution >= 0.6 is 11.6 Å². The Labute approximate surface area is 228 Å². The minimum absolute atomic E-state index is 0.0787. The Morgan fingerprint density at radius 1 is 1.24 bits per heavy atom. The fourth-order valence-corrected chi connectivity index (χ4v) is 6.02. The molecule has 38 heavy (non-hydrogen) atoms. The summed E-state index contributed by atoms with van der Waals surface area (Å²) in [6.45, 7) is 3.64. The number of benzodiazepines with no additional fused rings is 1. The Kier molecular flexibility index (Phi) is 8.84. The van der Waals surface area contributed by atoms with Gasteiger partial charge in [0.2, 0.25) is 0 Å². The number of hydrogen-bond donors (Lipinski definition) is 4. The van der Waals surface area contributed by atoms with Crippen molar-refractivity contribution in [2.75, 3.05) is 49.7 Å². The Morgan fingerprint density at radius 3 is 2.55 bits per heavy atom. The van der Waals surface area contributed by atoms with E-state index in [-0.39, 0.29) is 29.6 Å². The molecule has 0 amide bonds. The van der Waals surface area contributed by atoms with Crippen LogP contribution in [0, 0.1) is 10.8 Å². The van der Waals surface area contributed by atoms with Gasteiger partial charge in [0.15, 0.2) is 9.84 Å². The van der Waals surface area contributed by atoms with Crippen LogP contribution < -0.4 is 15.0 Å². The van der Waals surface area contributed by atoms with Crippen molar-refractivity contribution in [2.45, 2.75) is 25.6 Å². The monoisotopic (exact) mass is 560 g/mol. The molecule has 4 N–H and O–H groups in total. The second-order valence-electron chi connectivity index (χ2n) is 9.39. The molecule has 2 atom stereocenters. The molecular formula is C26H33ClN6O4S. The zero-order valence-corrected chi connectivity index (χ0v) is 23.0. The average molecular weight is 561 g/mol. The lowest BCUT2D eigenvalue weighted by Gasteiger charge is -2.28. The van der Waals surface area contributed by atoms with Gasteiger partial charge in [-0.1, -0.05) is 23.7 Å². The van der Waals surface area contributed by atoms with Crippen LogP contribution in [0.1, 0.15) is 24.5 Å². The second-order valence-corrected chi connectivity index (χ2v) is 12.1. The maximum Gasteiger partial charge on any atom is 0.152 e. The number of hydrogen-bond acceptors (Lipinski definition) is 9. The van der Waals surface area contributed by atoms with E-state index in [1.54, 1.807) is 32.2 Å². The van der Waals surface area contributed by atoms with Gasteiger partial charge in [0.05, 0.1) is 30.0 Å². The summed E-state index contributed by atoms with van der Waals surface area (Å²) >= 11 is 6.13. The molecule has 4 rings (SSSR count). The molecule has 204 valence electrons. The van der Waals surface area contributed by atoms with Crippen LogP contribution in [0.3, 0.4) is 0 Å². The molecule has 2 unspecified atom stereocenters. The van der Waals surface area contributed by atoms with E-state index < -0.39 is 22.1 Å². The molecule has 1 fully saturated rings. The van der Waals surface area contributed by atoms with Crippen LogP contribution in [0.25, 0.3) is 0 Å². The van der Waals surface area contributed by atoms with Gasteiger partial charge >= 0.3 is 0 Å². The number of aliphatic hydroxyl groups is 1. The van der Waals surface area contributed by atoms with Crippen molar-refractivity contribution in [1.29, 1.82) is 10.8 Å². The minimum Gasteiger partial charge on any atom is -0.497 e. The molecule has 0 bridgehead atoms. The number of methoxy groups -OCH3 is 1. The molecule has 2 aromatic carbocycles. The van der Waals surface area contributed by atoms with Gasteiger partial charge < -0.3 is 14.7 Å². The van der Waals surface area contributed by atoms with E-state index in [0.29, 0.717) is 53.9 Å². The molecule has 2 aliphatic heterocycles. The number of amidine groups is 2. The summed E-state index contributed by atoms with van der Waals surface area (Å²) in [5.74, 6) is 1.16. The van der Waals surface area contributed by atoms with Gasteiger partial charge in [0, 0.05) is 48.7 Å². The first-order valence-electron chi connectivity index (χ1n) is 12.4. The van der Waals surface area contributed by atoms with Crippen molar-refractivity contribution in [2.24, 2.45) is 4.99 Å². The average Bonchev–Trinajstić information content (AvgIpc) is 2.99. The van der Waals surface area contributed by atoms with Crippen LogP contribution in [0.5, 0.6) is 5.75 Å². The SMILES string of the molecule is COc1ccc2c(c1)C(c1ccc(Cl)cc1)=NC(CC(O)NCCN1CCS(=O)(=O)CC1)C(=N)N2C(C)=N. The molecule has 0 saturated carbocycles. The van der Waals surface area contributed by atoms with Gasteiger partial charge in [0.25, 0.3) is 0 Å². The predicted octanol–water partition coefficient (Wildman–Crippen LogP) is 2.38. The van der Waals surface area contributed by atoms with E-state index in [0.717, 1.165) is 5.56 Å². The summed E-state index contributed by atoms with van der Waals surface area (Å²) in [6.07, 6.45) is -0.855. The summed E-state index contributed by atoms with van der Waals surface area (Å²) in [6, 6.07) is 11.9. The normalized spacial score (nSPS) is 20.3. The third-order valence-corrected chi connectivity index (χ3v) is 8.55. The minimum atomic E-state index is -2.94. The van der Waals surface area contributed by atoms with E-state index in [4.69, 9.17) is 32.1 Å². The van der Waals surface area contributed by atoms with Crippen molar-refractivity contribution >= 4 is 44.5 Å². The Morgan fingerprint density at radius 2 is 1.92 bits per heavy atom. The lowest BCUT2D eigenvalue weighted by molar-refractivity contribution is 0.121. The Hall–Kier alpha value is -2.83. The molecule has 0 spiro atoms. The fraction of sp³-hybridized carbons (Fsp3) is 0.423. The van der Waals surface area contributed by atoms with E-state index in [1.807, 2.05) is 24.3 Å². The lowest BCUT2D eigenvalue weighted by atomic mass is 9.99. The smallest absolute Gasteiger partial charge is 0.152 e. The Balaban J connectivity index is 1.59. The van der Waals surface area contributed by atoms with Crippen LogP contribution in [0.4, 0.5) is 5.69 Å². The number of rotatable bonds is 8. The number of ether oxygens (including phenoxy) is 1. The first-order valence-corrected chi connectivity index (χ1v) is 14.6.